The number of nitrogens with one attached hydrogen (secondary N) is 3. The molecule has 0 bridgehead atoms. The summed E-state index contributed by atoms with van der Waals surface area (Å²) in [5.41, 5.74) is 0.751. The summed E-state index contributed by atoms with van der Waals surface area (Å²) in [5.74, 6) is 0. The Kier molecular flexibility index (Phi) is 5.18. The third kappa shape index (κ3) is 4.63. The van der Waals surface area contributed by atoms with Gasteiger partial charge in [-0.2, -0.15) is 0 Å². The standard InChI is InChI=1S/C13H25N3O2S/c1-6-14-8-11-7-12(9-15-11)19(17,18)16-10(2)13(3,4)5/h7,9-10,14-16H,6,8H2,1-5H3. The van der Waals surface area contributed by atoms with Crippen molar-refractivity contribution in [2.45, 2.75) is 52.1 Å². The number of rotatable bonds is 6. The van der Waals surface area contributed by atoms with E-state index in [1.54, 1.807) is 6.07 Å². The largest absolute Gasteiger partial charge is 0.363 e. The Hall–Kier alpha value is -0.850. The molecule has 1 unspecified atom stereocenters. The maximum atomic E-state index is 12.2. The van der Waals surface area contributed by atoms with Gasteiger partial charge in [0, 0.05) is 24.5 Å². The molecule has 1 aromatic rings. The molecule has 19 heavy (non-hydrogen) atoms. The van der Waals surface area contributed by atoms with Crippen LogP contribution in [0.4, 0.5) is 0 Å². The number of aromatic nitrogens is 1. The monoisotopic (exact) mass is 287 g/mol. The maximum absolute atomic E-state index is 12.2. The van der Waals surface area contributed by atoms with Crippen LogP contribution in [0.15, 0.2) is 17.2 Å². The molecule has 6 heteroatoms. The molecule has 1 heterocycles. The Morgan fingerprint density at radius 2 is 2.00 bits per heavy atom. The van der Waals surface area contributed by atoms with Crippen molar-refractivity contribution in [1.29, 1.82) is 0 Å². The molecule has 0 aromatic carbocycles. The zero-order valence-corrected chi connectivity index (χ0v) is 13.2. The molecule has 0 spiro atoms. The lowest BCUT2D eigenvalue weighted by Gasteiger charge is -2.27. The first kappa shape index (κ1) is 16.2. The van der Waals surface area contributed by atoms with E-state index in [0.29, 0.717) is 6.54 Å². The Balaban J connectivity index is 2.80. The molecule has 0 saturated carbocycles. The van der Waals surface area contributed by atoms with E-state index in [1.165, 1.54) is 6.20 Å². The molecule has 110 valence electrons. The van der Waals surface area contributed by atoms with Crippen molar-refractivity contribution < 1.29 is 8.42 Å². The molecule has 5 nitrogen and oxygen atoms in total. The summed E-state index contributed by atoms with van der Waals surface area (Å²) in [6.45, 7) is 11.4. The Labute approximate surface area is 116 Å². The zero-order chi connectivity index (χ0) is 14.7. The molecule has 1 rings (SSSR count). The number of hydrogen-bond acceptors (Lipinski definition) is 3. The lowest BCUT2D eigenvalue weighted by Crippen LogP contribution is -2.41. The molecule has 0 aliphatic rings. The van der Waals surface area contributed by atoms with E-state index in [9.17, 15) is 8.42 Å². The van der Waals surface area contributed by atoms with Crippen molar-refractivity contribution in [3.8, 4) is 0 Å². The van der Waals surface area contributed by atoms with E-state index in [1.807, 2.05) is 34.6 Å². The van der Waals surface area contributed by atoms with Gasteiger partial charge in [-0.3, -0.25) is 0 Å². The Bertz CT molecular complexity index is 500. The van der Waals surface area contributed by atoms with Crippen LogP contribution < -0.4 is 10.0 Å². The van der Waals surface area contributed by atoms with Crippen LogP contribution in [0.3, 0.4) is 0 Å². The lowest BCUT2D eigenvalue weighted by atomic mass is 9.89. The Morgan fingerprint density at radius 1 is 1.37 bits per heavy atom. The van der Waals surface area contributed by atoms with E-state index in [4.69, 9.17) is 0 Å². The van der Waals surface area contributed by atoms with E-state index in [0.717, 1.165) is 12.2 Å². The molecule has 3 N–H and O–H groups in total. The molecule has 1 aromatic heterocycles. The van der Waals surface area contributed by atoms with E-state index in [2.05, 4.69) is 15.0 Å². The normalized spacial score (nSPS) is 14.6. The quantitative estimate of drug-likeness (QED) is 0.747. The lowest BCUT2D eigenvalue weighted by molar-refractivity contribution is 0.317. The highest BCUT2D eigenvalue weighted by Crippen LogP contribution is 2.21. The first-order valence-electron chi connectivity index (χ1n) is 6.57. The van der Waals surface area contributed by atoms with Crippen molar-refractivity contribution in [2.24, 2.45) is 5.41 Å². The second-order valence-corrected chi connectivity index (χ2v) is 7.56. The van der Waals surface area contributed by atoms with Crippen molar-refractivity contribution in [2.75, 3.05) is 6.54 Å². The predicted octanol–water partition coefficient (Wildman–Crippen LogP) is 1.84. The predicted molar refractivity (Wildman–Crippen MR) is 77.4 cm³/mol. The summed E-state index contributed by atoms with van der Waals surface area (Å²) < 4.78 is 27.2. The van der Waals surface area contributed by atoms with Gasteiger partial charge in [-0.25, -0.2) is 13.1 Å². The van der Waals surface area contributed by atoms with Crippen LogP contribution >= 0.6 is 0 Å². The summed E-state index contributed by atoms with van der Waals surface area (Å²) in [4.78, 5) is 3.27. The van der Waals surface area contributed by atoms with Crippen molar-refractivity contribution >= 4 is 10.0 Å². The van der Waals surface area contributed by atoms with Crippen LogP contribution in [-0.2, 0) is 16.6 Å². The second-order valence-electron chi connectivity index (χ2n) is 5.85. The minimum Gasteiger partial charge on any atom is -0.363 e. The molecule has 0 amide bonds. The number of hydrogen-bond donors (Lipinski definition) is 3. The van der Waals surface area contributed by atoms with Gasteiger partial charge in [0.2, 0.25) is 10.0 Å². The number of aromatic amines is 1. The third-order valence-corrected chi connectivity index (χ3v) is 4.74. The van der Waals surface area contributed by atoms with Gasteiger partial charge in [0.25, 0.3) is 0 Å². The van der Waals surface area contributed by atoms with Crippen LogP contribution in [0.1, 0.15) is 40.3 Å². The zero-order valence-electron chi connectivity index (χ0n) is 12.4. The average Bonchev–Trinajstić information content (AvgIpc) is 2.73. The highest BCUT2D eigenvalue weighted by molar-refractivity contribution is 7.89. The molecule has 0 radical (unpaired) electrons. The first-order chi connectivity index (χ1) is 8.66. The van der Waals surface area contributed by atoms with Crippen LogP contribution in [0.2, 0.25) is 0 Å². The van der Waals surface area contributed by atoms with Gasteiger partial charge in [0.05, 0.1) is 4.90 Å². The van der Waals surface area contributed by atoms with Crippen molar-refractivity contribution in [3.05, 3.63) is 18.0 Å². The summed E-state index contributed by atoms with van der Waals surface area (Å²) in [7, 11) is -3.46. The van der Waals surface area contributed by atoms with Crippen LogP contribution in [0, 0.1) is 5.41 Å². The number of sulfonamides is 1. The molecule has 1 atom stereocenters. The average molecular weight is 287 g/mol. The fourth-order valence-electron chi connectivity index (χ4n) is 1.41. The van der Waals surface area contributed by atoms with Gasteiger partial charge in [0.1, 0.15) is 0 Å². The fourth-order valence-corrected chi connectivity index (χ4v) is 2.88. The Morgan fingerprint density at radius 3 is 2.53 bits per heavy atom. The van der Waals surface area contributed by atoms with Crippen LogP contribution in [0.25, 0.3) is 0 Å². The van der Waals surface area contributed by atoms with Gasteiger partial charge < -0.3 is 10.3 Å². The topological polar surface area (TPSA) is 74.0 Å². The van der Waals surface area contributed by atoms with Crippen LogP contribution in [-0.4, -0.2) is 26.0 Å². The molecule has 0 aliphatic carbocycles. The van der Waals surface area contributed by atoms with E-state index in [-0.39, 0.29) is 16.4 Å². The SMILES string of the molecule is CCNCc1cc(S(=O)(=O)NC(C)C(C)(C)C)c[nH]1. The smallest absolute Gasteiger partial charge is 0.242 e. The van der Waals surface area contributed by atoms with Gasteiger partial charge in [-0.15, -0.1) is 0 Å². The molecular weight excluding hydrogens is 262 g/mol. The maximum Gasteiger partial charge on any atom is 0.242 e. The van der Waals surface area contributed by atoms with Gasteiger partial charge >= 0.3 is 0 Å². The second kappa shape index (κ2) is 6.07. The minimum atomic E-state index is -3.46. The summed E-state index contributed by atoms with van der Waals surface area (Å²) in [5, 5.41) is 3.15. The van der Waals surface area contributed by atoms with Crippen molar-refractivity contribution in [3.63, 3.8) is 0 Å². The minimum absolute atomic E-state index is 0.115. The highest BCUT2D eigenvalue weighted by Gasteiger charge is 2.26. The number of H-pyrrole nitrogens is 1. The molecule has 0 saturated heterocycles. The third-order valence-electron chi connectivity index (χ3n) is 3.22. The highest BCUT2D eigenvalue weighted by atomic mass is 32.2. The van der Waals surface area contributed by atoms with Gasteiger partial charge in [-0.05, 0) is 24.9 Å². The van der Waals surface area contributed by atoms with Gasteiger partial charge in [0.15, 0.2) is 0 Å². The van der Waals surface area contributed by atoms with Crippen LogP contribution in [0.5, 0.6) is 0 Å². The summed E-state index contributed by atoms with van der Waals surface area (Å²) in [6, 6.07) is 1.53. The van der Waals surface area contributed by atoms with Gasteiger partial charge in [-0.1, -0.05) is 27.7 Å². The summed E-state index contributed by atoms with van der Waals surface area (Å²) in [6.07, 6.45) is 1.53. The first-order valence-corrected chi connectivity index (χ1v) is 8.05. The van der Waals surface area contributed by atoms with E-state index < -0.39 is 10.0 Å². The van der Waals surface area contributed by atoms with E-state index >= 15 is 0 Å². The summed E-state index contributed by atoms with van der Waals surface area (Å²) >= 11 is 0. The van der Waals surface area contributed by atoms with Crippen molar-refractivity contribution in [1.82, 2.24) is 15.0 Å². The molecular formula is C13H25N3O2S. The molecule has 0 aliphatic heterocycles. The fraction of sp³-hybridized carbons (Fsp3) is 0.692. The molecule has 0 fully saturated rings.